The van der Waals surface area contributed by atoms with Crippen molar-refractivity contribution < 1.29 is 0 Å². The van der Waals surface area contributed by atoms with Crippen LogP contribution in [0.4, 0.5) is 0 Å². The summed E-state index contributed by atoms with van der Waals surface area (Å²) in [5, 5.41) is 0.481. The smallest absolute Gasteiger partial charge is 0.129 e. The van der Waals surface area contributed by atoms with E-state index in [0.29, 0.717) is 5.15 Å². The van der Waals surface area contributed by atoms with Gasteiger partial charge in [-0.2, -0.15) is 0 Å². The minimum absolute atomic E-state index is 0.458. The topological polar surface area (TPSA) is 36.7 Å². The monoisotopic (exact) mass is 174 g/mol. The Morgan fingerprint density at radius 3 is 2.70 bits per heavy atom. The highest BCUT2D eigenvalue weighted by atomic mass is 35.5. The summed E-state index contributed by atoms with van der Waals surface area (Å²) in [6.07, 6.45) is 3.46. The lowest BCUT2D eigenvalue weighted by atomic mass is 10.5. The molecule has 0 aliphatic rings. The third kappa shape index (κ3) is 1.78. The van der Waals surface area contributed by atoms with Crippen molar-refractivity contribution in [2.75, 3.05) is 6.26 Å². The predicted octanol–water partition coefficient (Wildman–Crippen LogP) is 2.10. The van der Waals surface area contributed by atoms with Gasteiger partial charge in [-0.1, -0.05) is 22.3 Å². The molecule has 0 saturated heterocycles. The molecule has 2 nitrogen and oxygen atoms in total. The lowest BCUT2D eigenvalue weighted by molar-refractivity contribution is 1.23. The molecule has 1 atom stereocenters. The van der Waals surface area contributed by atoms with Crippen molar-refractivity contribution in [2.24, 2.45) is 0 Å². The number of hydrogen-bond donors (Lipinski definition) is 1. The SMILES string of the molecule is CS(=N)c1ccc(Cl)nc1. The number of aromatic nitrogens is 1. The molecule has 0 aromatic carbocycles. The molecule has 0 aliphatic heterocycles. The highest BCUT2D eigenvalue weighted by molar-refractivity contribution is 7.85. The van der Waals surface area contributed by atoms with Crippen LogP contribution in [0, 0.1) is 4.78 Å². The molecule has 1 heterocycles. The Labute approximate surface area is 67.1 Å². The van der Waals surface area contributed by atoms with Gasteiger partial charge in [0.15, 0.2) is 0 Å². The van der Waals surface area contributed by atoms with Gasteiger partial charge >= 0.3 is 0 Å². The summed E-state index contributed by atoms with van der Waals surface area (Å²) in [6.45, 7) is 0. The van der Waals surface area contributed by atoms with Gasteiger partial charge in [0.2, 0.25) is 0 Å². The first-order chi connectivity index (χ1) is 4.70. The summed E-state index contributed by atoms with van der Waals surface area (Å²) in [6, 6.07) is 3.53. The minimum Gasteiger partial charge on any atom is -0.276 e. The zero-order chi connectivity index (χ0) is 7.56. The lowest BCUT2D eigenvalue weighted by Crippen LogP contribution is -1.85. The molecular weight excluding hydrogens is 168 g/mol. The highest BCUT2D eigenvalue weighted by Crippen LogP contribution is 2.07. The molecule has 1 unspecified atom stereocenters. The van der Waals surface area contributed by atoms with E-state index in [4.69, 9.17) is 16.4 Å². The van der Waals surface area contributed by atoms with Crippen LogP contribution in [0.3, 0.4) is 0 Å². The van der Waals surface area contributed by atoms with Gasteiger partial charge in [-0.15, -0.1) is 0 Å². The molecule has 0 amide bonds. The number of nitrogens with one attached hydrogen (secondary N) is 1. The van der Waals surface area contributed by atoms with Gasteiger partial charge in [-0.3, -0.25) is 4.78 Å². The largest absolute Gasteiger partial charge is 0.276 e. The second-order valence-electron chi connectivity index (χ2n) is 1.83. The van der Waals surface area contributed by atoms with Crippen LogP contribution in [0.2, 0.25) is 5.15 Å². The fraction of sp³-hybridized carbons (Fsp3) is 0.167. The average molecular weight is 175 g/mol. The Bertz CT molecular complexity index is 244. The standard InChI is InChI=1S/C6H7ClN2S/c1-10(8)5-2-3-6(7)9-4-5/h2-4,8H,1H3. The Morgan fingerprint density at radius 2 is 2.30 bits per heavy atom. The van der Waals surface area contributed by atoms with Crippen LogP contribution in [-0.4, -0.2) is 11.2 Å². The van der Waals surface area contributed by atoms with E-state index < -0.39 is 10.7 Å². The molecular formula is C6H7ClN2S. The number of halogens is 1. The number of pyridine rings is 1. The van der Waals surface area contributed by atoms with Gasteiger partial charge in [0, 0.05) is 11.1 Å². The maximum absolute atomic E-state index is 7.33. The van der Waals surface area contributed by atoms with Gasteiger partial charge in [0.25, 0.3) is 0 Å². The second-order valence-corrected chi connectivity index (χ2v) is 3.71. The molecule has 1 aromatic heterocycles. The fourth-order valence-electron chi connectivity index (χ4n) is 0.543. The first-order valence-corrected chi connectivity index (χ1v) is 4.70. The molecule has 1 N–H and O–H groups in total. The van der Waals surface area contributed by atoms with Gasteiger partial charge < -0.3 is 0 Å². The molecule has 54 valence electrons. The number of nitrogens with zero attached hydrogens (tertiary/aromatic N) is 1. The number of rotatable bonds is 1. The molecule has 1 aromatic rings. The van der Waals surface area contributed by atoms with Crippen molar-refractivity contribution in [3.63, 3.8) is 0 Å². The summed E-state index contributed by atoms with van der Waals surface area (Å²) in [4.78, 5) is 4.77. The zero-order valence-electron chi connectivity index (χ0n) is 5.47. The van der Waals surface area contributed by atoms with Gasteiger partial charge in [0.1, 0.15) is 5.15 Å². The summed E-state index contributed by atoms with van der Waals surface area (Å²) in [5.74, 6) is 0. The third-order valence-electron chi connectivity index (χ3n) is 1.05. The molecule has 1 rings (SSSR count). The summed E-state index contributed by atoms with van der Waals surface area (Å²) in [5.41, 5.74) is 0. The van der Waals surface area contributed by atoms with E-state index in [-0.39, 0.29) is 0 Å². The minimum atomic E-state index is -0.458. The molecule has 10 heavy (non-hydrogen) atoms. The van der Waals surface area contributed by atoms with E-state index in [1.165, 1.54) is 0 Å². The van der Waals surface area contributed by atoms with E-state index in [9.17, 15) is 0 Å². The summed E-state index contributed by atoms with van der Waals surface area (Å²) < 4.78 is 7.33. The molecule has 0 spiro atoms. The Kier molecular flexibility index (Phi) is 2.40. The molecule has 0 radical (unpaired) electrons. The Balaban J connectivity index is 3.00. The molecule has 4 heteroatoms. The third-order valence-corrected chi connectivity index (χ3v) is 2.23. The summed E-state index contributed by atoms with van der Waals surface area (Å²) in [7, 11) is -0.458. The molecule has 0 fully saturated rings. The molecule has 0 saturated carbocycles. The maximum atomic E-state index is 7.33. The first-order valence-electron chi connectivity index (χ1n) is 2.69. The van der Waals surface area contributed by atoms with Gasteiger partial charge in [-0.05, 0) is 18.4 Å². The van der Waals surface area contributed by atoms with Crippen molar-refractivity contribution in [2.45, 2.75) is 4.90 Å². The van der Waals surface area contributed by atoms with Crippen molar-refractivity contribution in [3.8, 4) is 0 Å². The number of hydrogen-bond acceptors (Lipinski definition) is 2. The first kappa shape index (κ1) is 7.69. The van der Waals surface area contributed by atoms with Crippen LogP contribution >= 0.6 is 11.6 Å². The quantitative estimate of drug-likeness (QED) is 0.651. The zero-order valence-corrected chi connectivity index (χ0v) is 7.04. The molecule has 0 aliphatic carbocycles. The second kappa shape index (κ2) is 3.12. The van der Waals surface area contributed by atoms with Crippen LogP contribution in [-0.2, 0) is 10.7 Å². The summed E-state index contributed by atoms with van der Waals surface area (Å²) >= 11 is 5.55. The van der Waals surface area contributed by atoms with E-state index in [0.717, 1.165) is 4.90 Å². The molecule has 0 bridgehead atoms. The van der Waals surface area contributed by atoms with Crippen LogP contribution in [0.15, 0.2) is 23.2 Å². The fourth-order valence-corrected chi connectivity index (χ4v) is 1.14. The van der Waals surface area contributed by atoms with Crippen molar-refractivity contribution in [3.05, 3.63) is 23.5 Å². The Morgan fingerprint density at radius 1 is 1.60 bits per heavy atom. The van der Waals surface area contributed by atoms with E-state index >= 15 is 0 Å². The predicted molar refractivity (Wildman–Crippen MR) is 43.5 cm³/mol. The van der Waals surface area contributed by atoms with E-state index in [2.05, 4.69) is 4.98 Å². The van der Waals surface area contributed by atoms with Crippen LogP contribution in [0.1, 0.15) is 0 Å². The van der Waals surface area contributed by atoms with E-state index in [1.807, 2.05) is 12.3 Å². The average Bonchev–Trinajstić information content (AvgIpc) is 1.88. The van der Waals surface area contributed by atoms with E-state index in [1.54, 1.807) is 12.3 Å². The van der Waals surface area contributed by atoms with Gasteiger partial charge in [-0.25, -0.2) is 4.98 Å². The van der Waals surface area contributed by atoms with Crippen LogP contribution in [0.25, 0.3) is 0 Å². The lowest BCUT2D eigenvalue weighted by Gasteiger charge is -1.95. The van der Waals surface area contributed by atoms with Crippen molar-refractivity contribution >= 4 is 22.3 Å². The normalized spacial score (nSPS) is 13.0. The van der Waals surface area contributed by atoms with Crippen LogP contribution in [0.5, 0.6) is 0 Å². The van der Waals surface area contributed by atoms with Crippen molar-refractivity contribution in [1.29, 1.82) is 4.78 Å². The Hall–Kier alpha value is -0.410. The van der Waals surface area contributed by atoms with Crippen molar-refractivity contribution in [1.82, 2.24) is 4.98 Å². The van der Waals surface area contributed by atoms with Crippen LogP contribution < -0.4 is 0 Å². The maximum Gasteiger partial charge on any atom is 0.129 e. The highest BCUT2D eigenvalue weighted by Gasteiger charge is 1.92. The van der Waals surface area contributed by atoms with Gasteiger partial charge in [0.05, 0.1) is 0 Å².